The second kappa shape index (κ2) is 12.2. The number of hydrogen-bond acceptors (Lipinski definition) is 4. The Hall–Kier alpha value is -4.13. The van der Waals surface area contributed by atoms with Crippen LogP contribution in [0.2, 0.25) is 0 Å². The van der Waals surface area contributed by atoms with Gasteiger partial charge in [0.15, 0.2) is 0 Å². The van der Waals surface area contributed by atoms with Crippen LogP contribution in [0.4, 0.5) is 21.9 Å². The molecule has 1 N–H and O–H groups in total. The van der Waals surface area contributed by atoms with Gasteiger partial charge in [0, 0.05) is 37.0 Å². The first-order valence-corrected chi connectivity index (χ1v) is 15.3. The minimum Gasteiger partial charge on any atom is -0.444 e. The van der Waals surface area contributed by atoms with Crippen LogP contribution in [0.3, 0.4) is 0 Å². The highest BCUT2D eigenvalue weighted by atomic mass is 16.6. The maximum Gasteiger partial charge on any atom is 0.412 e. The zero-order valence-corrected chi connectivity index (χ0v) is 26.1. The number of benzene rings is 3. The van der Waals surface area contributed by atoms with Crippen LogP contribution in [-0.2, 0) is 20.7 Å². The lowest BCUT2D eigenvalue weighted by Gasteiger charge is -2.43. The SMILES string of the molecule is CC(=O)N(c1ccc(CCC2CC2)cc1)[C@@H]1C[C@H](C)N(C(C)=O)c2ccc(-c3cccc(NC(=O)OC(C)(C)C)c3)cc21. The van der Waals surface area contributed by atoms with Crippen molar-refractivity contribution >= 4 is 35.0 Å². The molecular weight excluding hydrogens is 538 g/mol. The number of carbonyl (C=O) groups excluding carboxylic acids is 3. The van der Waals surface area contributed by atoms with Crippen molar-refractivity contribution in [2.45, 2.75) is 91.3 Å². The minimum atomic E-state index is -0.603. The van der Waals surface area contributed by atoms with Gasteiger partial charge in [0.25, 0.3) is 0 Å². The third-order valence-corrected chi connectivity index (χ3v) is 8.24. The van der Waals surface area contributed by atoms with Crippen LogP contribution in [0.15, 0.2) is 66.7 Å². The molecule has 7 heteroatoms. The van der Waals surface area contributed by atoms with E-state index >= 15 is 0 Å². The Labute approximate surface area is 255 Å². The summed E-state index contributed by atoms with van der Waals surface area (Å²) in [5.41, 5.74) is 5.73. The molecule has 1 fully saturated rings. The summed E-state index contributed by atoms with van der Waals surface area (Å²) in [5.74, 6) is 0.804. The number of fused-ring (bicyclic) bond motifs is 1. The highest BCUT2D eigenvalue weighted by Gasteiger charge is 2.37. The van der Waals surface area contributed by atoms with Crippen LogP contribution < -0.4 is 15.1 Å². The van der Waals surface area contributed by atoms with Crippen molar-refractivity contribution in [3.8, 4) is 11.1 Å². The Morgan fingerprint density at radius 1 is 0.953 bits per heavy atom. The molecule has 7 nitrogen and oxygen atoms in total. The third-order valence-electron chi connectivity index (χ3n) is 8.24. The van der Waals surface area contributed by atoms with Gasteiger partial charge in [0.2, 0.25) is 11.8 Å². The van der Waals surface area contributed by atoms with Gasteiger partial charge in [0.05, 0.1) is 6.04 Å². The number of nitrogens with one attached hydrogen (secondary N) is 1. The van der Waals surface area contributed by atoms with Crippen LogP contribution in [-0.4, -0.2) is 29.6 Å². The monoisotopic (exact) mass is 581 g/mol. The fourth-order valence-electron chi connectivity index (χ4n) is 6.12. The number of amides is 3. The lowest BCUT2D eigenvalue weighted by atomic mass is 9.87. The molecule has 1 saturated carbocycles. The number of rotatable bonds is 7. The summed E-state index contributed by atoms with van der Waals surface area (Å²) in [4.78, 5) is 42.2. The summed E-state index contributed by atoms with van der Waals surface area (Å²) >= 11 is 0. The summed E-state index contributed by atoms with van der Waals surface area (Å²) in [6.07, 6.45) is 5.07. The van der Waals surface area contributed by atoms with Crippen molar-refractivity contribution in [2.24, 2.45) is 5.92 Å². The number of ether oxygens (including phenoxy) is 1. The second-order valence-electron chi connectivity index (χ2n) is 13.0. The first kappa shape index (κ1) is 30.3. The number of aryl methyl sites for hydroxylation is 1. The molecule has 0 radical (unpaired) electrons. The zero-order valence-electron chi connectivity index (χ0n) is 26.1. The molecule has 2 aliphatic rings. The first-order valence-electron chi connectivity index (χ1n) is 15.3. The largest absolute Gasteiger partial charge is 0.444 e. The molecule has 2 atom stereocenters. The van der Waals surface area contributed by atoms with E-state index in [1.54, 1.807) is 13.8 Å². The van der Waals surface area contributed by atoms with Gasteiger partial charge in [-0.2, -0.15) is 0 Å². The van der Waals surface area contributed by atoms with Crippen molar-refractivity contribution in [3.63, 3.8) is 0 Å². The predicted molar refractivity (Wildman–Crippen MR) is 172 cm³/mol. The summed E-state index contributed by atoms with van der Waals surface area (Å²) < 4.78 is 5.42. The zero-order chi connectivity index (χ0) is 30.9. The van der Waals surface area contributed by atoms with Gasteiger partial charge in [0.1, 0.15) is 5.60 Å². The van der Waals surface area contributed by atoms with Gasteiger partial charge in [-0.1, -0.05) is 43.2 Å². The number of anilines is 3. The van der Waals surface area contributed by atoms with E-state index in [0.717, 1.165) is 40.4 Å². The summed E-state index contributed by atoms with van der Waals surface area (Å²) in [5, 5.41) is 2.82. The summed E-state index contributed by atoms with van der Waals surface area (Å²) in [7, 11) is 0. The first-order chi connectivity index (χ1) is 20.4. The van der Waals surface area contributed by atoms with Gasteiger partial charge in [-0.3, -0.25) is 14.9 Å². The normalized spacial score (nSPS) is 18.0. The van der Waals surface area contributed by atoms with Gasteiger partial charge < -0.3 is 14.5 Å². The smallest absolute Gasteiger partial charge is 0.412 e. The molecular formula is C36H43N3O4. The standard InChI is InChI=1S/C36H43N3O4/c1-23-20-34(39(25(3)41)31-17-14-27(15-18-31)13-12-26-10-11-26)32-22-29(16-19-33(32)38(23)24(2)40)28-8-7-9-30(21-28)37-35(42)43-36(4,5)6/h7-9,14-19,21-23,26,34H,10-13,20H2,1-6H3,(H,37,42)/t23-,34+/m0/s1. The second-order valence-corrected chi connectivity index (χ2v) is 13.0. The molecule has 5 rings (SSSR count). The van der Waals surface area contributed by atoms with Gasteiger partial charge >= 0.3 is 6.09 Å². The van der Waals surface area contributed by atoms with Crippen LogP contribution in [0.5, 0.6) is 0 Å². The number of nitrogens with zero attached hydrogens (tertiary/aromatic N) is 2. The Balaban J connectivity index is 1.49. The molecule has 1 aliphatic carbocycles. The highest BCUT2D eigenvalue weighted by Crippen LogP contribution is 2.44. The lowest BCUT2D eigenvalue weighted by Crippen LogP contribution is -2.46. The van der Waals surface area contributed by atoms with E-state index in [1.807, 2.05) is 73.9 Å². The maximum absolute atomic E-state index is 13.3. The Bertz CT molecular complexity index is 1500. The molecule has 3 amide bonds. The number of hydrogen-bond donors (Lipinski definition) is 1. The van der Waals surface area contributed by atoms with Crippen LogP contribution in [0, 0.1) is 5.92 Å². The molecule has 1 heterocycles. The molecule has 3 aromatic carbocycles. The van der Waals surface area contributed by atoms with Gasteiger partial charge in [-0.05, 0) is 112 Å². The molecule has 226 valence electrons. The highest BCUT2D eigenvalue weighted by molar-refractivity contribution is 5.97. The van der Waals surface area contributed by atoms with Crippen molar-refractivity contribution in [1.82, 2.24) is 0 Å². The van der Waals surface area contributed by atoms with Crippen molar-refractivity contribution in [3.05, 3.63) is 77.9 Å². The fraction of sp³-hybridized carbons (Fsp3) is 0.417. The quantitative estimate of drug-likeness (QED) is 0.305. The Kier molecular flexibility index (Phi) is 8.63. The lowest BCUT2D eigenvalue weighted by molar-refractivity contribution is -0.117. The summed E-state index contributed by atoms with van der Waals surface area (Å²) in [6.45, 7) is 10.7. The molecule has 1 aliphatic heterocycles. The van der Waals surface area contributed by atoms with E-state index in [1.165, 1.54) is 24.8 Å². The average Bonchev–Trinajstić information content (AvgIpc) is 3.76. The topological polar surface area (TPSA) is 79.0 Å². The molecule has 0 bridgehead atoms. The van der Waals surface area contributed by atoms with Crippen molar-refractivity contribution in [1.29, 1.82) is 0 Å². The van der Waals surface area contributed by atoms with Crippen LogP contribution >= 0.6 is 0 Å². The molecule has 0 unspecified atom stereocenters. The minimum absolute atomic E-state index is 0.0297. The summed E-state index contributed by atoms with van der Waals surface area (Å²) in [6, 6.07) is 21.7. The van der Waals surface area contributed by atoms with Crippen molar-refractivity contribution < 1.29 is 19.1 Å². The van der Waals surface area contributed by atoms with E-state index in [-0.39, 0.29) is 23.9 Å². The van der Waals surface area contributed by atoms with Gasteiger partial charge in [-0.15, -0.1) is 0 Å². The van der Waals surface area contributed by atoms with Crippen LogP contribution in [0.25, 0.3) is 11.1 Å². The predicted octanol–water partition coefficient (Wildman–Crippen LogP) is 8.28. The molecule has 0 aromatic heterocycles. The fourth-order valence-corrected chi connectivity index (χ4v) is 6.12. The van der Waals surface area contributed by atoms with Gasteiger partial charge in [-0.25, -0.2) is 4.79 Å². The van der Waals surface area contributed by atoms with E-state index in [9.17, 15) is 14.4 Å². The number of carbonyl (C=O) groups is 3. The van der Waals surface area contributed by atoms with E-state index in [2.05, 4.69) is 35.6 Å². The van der Waals surface area contributed by atoms with E-state index in [0.29, 0.717) is 12.1 Å². The Morgan fingerprint density at radius 3 is 2.28 bits per heavy atom. The molecule has 0 saturated heterocycles. The maximum atomic E-state index is 13.3. The molecule has 43 heavy (non-hydrogen) atoms. The van der Waals surface area contributed by atoms with E-state index < -0.39 is 11.7 Å². The van der Waals surface area contributed by atoms with E-state index in [4.69, 9.17) is 4.74 Å². The molecule has 3 aromatic rings. The van der Waals surface area contributed by atoms with Crippen LogP contribution in [0.1, 0.15) is 84.4 Å². The van der Waals surface area contributed by atoms with Crippen molar-refractivity contribution in [2.75, 3.05) is 15.1 Å². The average molecular weight is 582 g/mol. The molecule has 0 spiro atoms. The third kappa shape index (κ3) is 7.27. The Morgan fingerprint density at radius 2 is 1.65 bits per heavy atom.